The highest BCUT2D eigenvalue weighted by atomic mass is 79.9. The first-order chi connectivity index (χ1) is 8.86. The van der Waals surface area contributed by atoms with Gasteiger partial charge in [0.1, 0.15) is 4.90 Å². The molecule has 0 spiro atoms. The smallest absolute Gasteiger partial charge is 0.242 e. The molecule has 0 bridgehead atoms. The van der Waals surface area contributed by atoms with Crippen molar-refractivity contribution in [2.24, 2.45) is 0 Å². The van der Waals surface area contributed by atoms with Crippen molar-refractivity contribution in [1.29, 1.82) is 0 Å². The van der Waals surface area contributed by atoms with Crippen molar-refractivity contribution in [2.45, 2.75) is 31.2 Å². The van der Waals surface area contributed by atoms with E-state index in [1.807, 2.05) is 7.05 Å². The normalized spacial score (nSPS) is 13.7. The van der Waals surface area contributed by atoms with E-state index >= 15 is 0 Å². The second kappa shape index (κ2) is 7.33. The third-order valence-corrected chi connectivity index (χ3v) is 4.95. The molecular weight excluding hydrogens is 330 g/mol. The van der Waals surface area contributed by atoms with Gasteiger partial charge in [-0.2, -0.15) is 0 Å². The fraction of sp³-hybridized carbons (Fsp3) is 0.583. The number of nitrogens with zero attached hydrogens (tertiary/aromatic N) is 2. The van der Waals surface area contributed by atoms with E-state index in [2.05, 4.69) is 44.4 Å². The maximum atomic E-state index is 12.0. The minimum absolute atomic E-state index is 0.174. The van der Waals surface area contributed by atoms with E-state index < -0.39 is 10.0 Å². The minimum Gasteiger partial charge on any atom is -0.302 e. The maximum Gasteiger partial charge on any atom is 0.242 e. The average molecular weight is 350 g/mol. The number of aromatic nitrogens is 1. The molecule has 1 aromatic heterocycles. The molecule has 7 heteroatoms. The first-order valence-electron chi connectivity index (χ1n) is 6.17. The first kappa shape index (κ1) is 16.6. The van der Waals surface area contributed by atoms with Crippen LogP contribution < -0.4 is 4.72 Å². The summed E-state index contributed by atoms with van der Waals surface area (Å²) in [5.74, 6) is 0. The van der Waals surface area contributed by atoms with E-state index in [1.165, 1.54) is 12.3 Å². The Morgan fingerprint density at radius 3 is 2.74 bits per heavy atom. The molecule has 0 aliphatic heterocycles. The topological polar surface area (TPSA) is 62.3 Å². The van der Waals surface area contributed by atoms with Crippen LogP contribution in [0.4, 0.5) is 0 Å². The Morgan fingerprint density at radius 2 is 2.16 bits per heavy atom. The van der Waals surface area contributed by atoms with Gasteiger partial charge in [0.15, 0.2) is 0 Å². The molecule has 0 saturated carbocycles. The summed E-state index contributed by atoms with van der Waals surface area (Å²) in [6, 6.07) is 1.98. The summed E-state index contributed by atoms with van der Waals surface area (Å²) in [6.07, 6.45) is 3.93. The molecule has 0 aromatic carbocycles. The molecule has 1 aromatic rings. The highest BCUT2D eigenvalue weighted by molar-refractivity contribution is 9.10. The Balaban J connectivity index is 2.57. The molecule has 1 atom stereocenters. The number of likely N-dealkylation sites (N-methyl/N-ethyl adjacent to an activating group) is 1. The molecule has 19 heavy (non-hydrogen) atoms. The number of nitrogens with one attached hydrogen (secondary N) is 1. The summed E-state index contributed by atoms with van der Waals surface area (Å²) < 4.78 is 27.3. The van der Waals surface area contributed by atoms with Crippen LogP contribution in [-0.2, 0) is 10.0 Å². The van der Waals surface area contributed by atoms with Gasteiger partial charge >= 0.3 is 0 Å². The lowest BCUT2D eigenvalue weighted by Crippen LogP contribution is -2.37. The second-order valence-corrected chi connectivity index (χ2v) is 7.16. The van der Waals surface area contributed by atoms with Crippen LogP contribution >= 0.6 is 15.9 Å². The lowest BCUT2D eigenvalue weighted by atomic mass is 10.2. The van der Waals surface area contributed by atoms with Gasteiger partial charge in [-0.25, -0.2) is 13.1 Å². The standard InChI is InChI=1S/C12H20BrN3O2S/c1-4-10(2)16(3)6-5-15-19(17,18)12-7-11(13)8-14-9-12/h7-10,15H,4-6H2,1-3H3. The zero-order valence-corrected chi connectivity index (χ0v) is 13.8. The Bertz CT molecular complexity index is 507. The SMILES string of the molecule is CCC(C)N(C)CCNS(=O)(=O)c1cncc(Br)c1. The van der Waals surface area contributed by atoms with Crippen LogP contribution in [0.2, 0.25) is 0 Å². The molecule has 1 unspecified atom stereocenters. The lowest BCUT2D eigenvalue weighted by Gasteiger charge is -2.23. The third-order valence-electron chi connectivity index (χ3n) is 3.09. The van der Waals surface area contributed by atoms with Crippen LogP contribution in [0.15, 0.2) is 27.8 Å². The zero-order chi connectivity index (χ0) is 14.5. The fourth-order valence-corrected chi connectivity index (χ4v) is 3.04. The Morgan fingerprint density at radius 1 is 1.47 bits per heavy atom. The summed E-state index contributed by atoms with van der Waals surface area (Å²) in [5, 5.41) is 0. The van der Waals surface area contributed by atoms with E-state index in [0.29, 0.717) is 23.6 Å². The largest absolute Gasteiger partial charge is 0.302 e. The summed E-state index contributed by atoms with van der Waals surface area (Å²) in [5.41, 5.74) is 0. The van der Waals surface area contributed by atoms with Gasteiger partial charge in [-0.3, -0.25) is 4.98 Å². The number of hydrogen-bond acceptors (Lipinski definition) is 4. The van der Waals surface area contributed by atoms with Crippen LogP contribution in [0.5, 0.6) is 0 Å². The first-order valence-corrected chi connectivity index (χ1v) is 8.45. The van der Waals surface area contributed by atoms with Gasteiger partial charge in [0.25, 0.3) is 0 Å². The molecule has 1 N–H and O–H groups in total. The van der Waals surface area contributed by atoms with Crippen molar-refractivity contribution in [3.63, 3.8) is 0 Å². The van der Waals surface area contributed by atoms with Crippen molar-refractivity contribution >= 4 is 26.0 Å². The average Bonchev–Trinajstić information content (AvgIpc) is 2.37. The Hall–Kier alpha value is -0.500. The summed E-state index contributed by atoms with van der Waals surface area (Å²) in [7, 11) is -1.49. The van der Waals surface area contributed by atoms with E-state index in [0.717, 1.165) is 6.42 Å². The van der Waals surface area contributed by atoms with Crippen molar-refractivity contribution in [1.82, 2.24) is 14.6 Å². The summed E-state index contributed by atoms with van der Waals surface area (Å²) >= 11 is 3.21. The molecule has 1 heterocycles. The van der Waals surface area contributed by atoms with Crippen molar-refractivity contribution in [3.05, 3.63) is 22.9 Å². The zero-order valence-electron chi connectivity index (χ0n) is 11.4. The van der Waals surface area contributed by atoms with E-state index in [9.17, 15) is 8.42 Å². The predicted molar refractivity (Wildman–Crippen MR) is 79.5 cm³/mol. The highest BCUT2D eigenvalue weighted by Crippen LogP contribution is 2.13. The van der Waals surface area contributed by atoms with Crippen molar-refractivity contribution < 1.29 is 8.42 Å². The molecule has 1 rings (SSSR count). The number of hydrogen-bond donors (Lipinski definition) is 1. The molecule has 108 valence electrons. The second-order valence-electron chi connectivity index (χ2n) is 4.47. The molecule has 0 saturated heterocycles. The number of sulfonamides is 1. The van der Waals surface area contributed by atoms with Crippen molar-refractivity contribution in [3.8, 4) is 0 Å². The molecule has 0 fully saturated rings. The fourth-order valence-electron chi connectivity index (χ4n) is 1.51. The van der Waals surface area contributed by atoms with Crippen LogP contribution in [0.3, 0.4) is 0 Å². The van der Waals surface area contributed by atoms with E-state index in [1.54, 1.807) is 6.20 Å². The quantitative estimate of drug-likeness (QED) is 0.815. The number of pyridine rings is 1. The number of halogens is 1. The minimum atomic E-state index is -3.48. The molecule has 0 radical (unpaired) electrons. The molecule has 0 aliphatic carbocycles. The highest BCUT2D eigenvalue weighted by Gasteiger charge is 2.15. The maximum absolute atomic E-state index is 12.0. The molecule has 0 aliphatic rings. The number of rotatable bonds is 7. The summed E-state index contributed by atoms with van der Waals surface area (Å²) in [4.78, 5) is 6.16. The summed E-state index contributed by atoms with van der Waals surface area (Å²) in [6.45, 7) is 5.29. The molecular formula is C12H20BrN3O2S. The van der Waals surface area contributed by atoms with E-state index in [-0.39, 0.29) is 4.90 Å². The third kappa shape index (κ3) is 5.18. The monoisotopic (exact) mass is 349 g/mol. The van der Waals surface area contributed by atoms with Gasteiger partial charge in [-0.15, -0.1) is 0 Å². The van der Waals surface area contributed by atoms with Crippen LogP contribution in [-0.4, -0.2) is 44.5 Å². The molecule has 0 amide bonds. The van der Waals surface area contributed by atoms with Crippen LogP contribution in [0.1, 0.15) is 20.3 Å². The van der Waals surface area contributed by atoms with Gasteiger partial charge in [-0.05, 0) is 42.4 Å². The Labute approximate surface area is 123 Å². The predicted octanol–water partition coefficient (Wildman–Crippen LogP) is 1.85. The Kier molecular flexibility index (Phi) is 6.38. The van der Waals surface area contributed by atoms with Crippen LogP contribution in [0, 0.1) is 0 Å². The van der Waals surface area contributed by atoms with Gasteiger partial charge < -0.3 is 4.90 Å². The van der Waals surface area contributed by atoms with E-state index in [4.69, 9.17) is 0 Å². The molecule has 5 nitrogen and oxygen atoms in total. The van der Waals surface area contributed by atoms with Gasteiger partial charge in [0.2, 0.25) is 10.0 Å². The van der Waals surface area contributed by atoms with Gasteiger partial charge in [-0.1, -0.05) is 6.92 Å². The van der Waals surface area contributed by atoms with Crippen LogP contribution in [0.25, 0.3) is 0 Å². The lowest BCUT2D eigenvalue weighted by molar-refractivity contribution is 0.256. The van der Waals surface area contributed by atoms with Crippen molar-refractivity contribution in [2.75, 3.05) is 20.1 Å². The van der Waals surface area contributed by atoms with Gasteiger partial charge in [0.05, 0.1) is 0 Å². The van der Waals surface area contributed by atoms with Gasteiger partial charge in [0, 0.05) is 36.0 Å².